The minimum atomic E-state index is -0.402. The minimum Gasteiger partial charge on any atom is -0.369 e. The first kappa shape index (κ1) is 25.3. The van der Waals surface area contributed by atoms with Crippen LogP contribution in [0.3, 0.4) is 0 Å². The van der Waals surface area contributed by atoms with E-state index in [2.05, 4.69) is 61.5 Å². The van der Waals surface area contributed by atoms with Gasteiger partial charge in [-0.2, -0.15) is 0 Å². The summed E-state index contributed by atoms with van der Waals surface area (Å²) in [6.45, 7) is 7.71. The van der Waals surface area contributed by atoms with Crippen molar-refractivity contribution in [2.45, 2.75) is 26.4 Å². The lowest BCUT2D eigenvalue weighted by atomic mass is 10.0. The normalized spacial score (nSPS) is 15.1. The van der Waals surface area contributed by atoms with Gasteiger partial charge in [0.25, 0.3) is 5.56 Å². The summed E-state index contributed by atoms with van der Waals surface area (Å²) < 4.78 is 1.81. The number of benzene rings is 3. The van der Waals surface area contributed by atoms with Gasteiger partial charge in [0, 0.05) is 48.0 Å². The molecule has 8 nitrogen and oxygen atoms in total. The second-order valence-corrected chi connectivity index (χ2v) is 10.6. The van der Waals surface area contributed by atoms with Gasteiger partial charge >= 0.3 is 0 Å². The Morgan fingerprint density at radius 1 is 0.949 bits per heavy atom. The molecule has 0 radical (unpaired) electrons. The molecule has 1 fully saturated rings. The summed E-state index contributed by atoms with van der Waals surface area (Å²) in [5.41, 5.74) is 5.87. The molecule has 3 aromatic carbocycles. The number of H-pyrrole nitrogens is 1. The first-order chi connectivity index (χ1) is 19.0. The number of nitrogens with zero attached hydrogens (tertiary/aromatic N) is 6. The maximum absolute atomic E-state index is 13.6. The molecular weight excluding hydrogens is 510 g/mol. The summed E-state index contributed by atoms with van der Waals surface area (Å²) in [4.78, 5) is 21.4. The lowest BCUT2D eigenvalue weighted by Gasteiger charge is -2.40. The van der Waals surface area contributed by atoms with E-state index in [1.165, 1.54) is 5.56 Å². The number of rotatable bonds is 6. The highest BCUT2D eigenvalue weighted by Gasteiger charge is 2.33. The largest absolute Gasteiger partial charge is 0.369 e. The Morgan fingerprint density at radius 3 is 2.54 bits per heavy atom. The van der Waals surface area contributed by atoms with Crippen molar-refractivity contribution in [1.29, 1.82) is 0 Å². The zero-order valence-corrected chi connectivity index (χ0v) is 22.8. The lowest BCUT2D eigenvalue weighted by molar-refractivity contribution is 0.200. The van der Waals surface area contributed by atoms with E-state index in [1.54, 1.807) is 0 Å². The SMILES string of the molecule is Cc1ccc2cc([C@H](c3nnnn3Cc3ccccc3)N3CCN(c4cc(Cl)ccc4C)CC3)c(=O)[nH]c2c1. The number of pyridine rings is 1. The Labute approximate surface area is 231 Å². The van der Waals surface area contributed by atoms with Gasteiger partial charge in [0.2, 0.25) is 0 Å². The van der Waals surface area contributed by atoms with Gasteiger partial charge in [0.05, 0.1) is 6.54 Å². The van der Waals surface area contributed by atoms with Crippen molar-refractivity contribution < 1.29 is 0 Å². The third kappa shape index (κ3) is 5.17. The molecule has 1 N–H and O–H groups in total. The summed E-state index contributed by atoms with van der Waals surface area (Å²) >= 11 is 6.32. The molecule has 1 aliphatic rings. The van der Waals surface area contributed by atoms with Crippen LogP contribution >= 0.6 is 11.6 Å². The number of nitrogens with one attached hydrogen (secondary N) is 1. The van der Waals surface area contributed by atoms with Crippen molar-refractivity contribution in [3.05, 3.63) is 116 Å². The fourth-order valence-electron chi connectivity index (χ4n) is 5.45. The Kier molecular flexibility index (Phi) is 6.89. The van der Waals surface area contributed by atoms with Crippen LogP contribution in [0.15, 0.2) is 77.6 Å². The molecule has 0 unspecified atom stereocenters. The quantitative estimate of drug-likeness (QED) is 0.335. The topological polar surface area (TPSA) is 82.9 Å². The molecular formula is C30H30ClN7O. The average molecular weight is 540 g/mol. The zero-order valence-electron chi connectivity index (χ0n) is 22.0. The van der Waals surface area contributed by atoms with Gasteiger partial charge in [-0.15, -0.1) is 5.10 Å². The van der Waals surface area contributed by atoms with Crippen molar-refractivity contribution in [2.24, 2.45) is 0 Å². The van der Waals surface area contributed by atoms with Crippen molar-refractivity contribution in [3.63, 3.8) is 0 Å². The lowest BCUT2D eigenvalue weighted by Crippen LogP contribution is -2.49. The van der Waals surface area contributed by atoms with Gasteiger partial charge in [0.15, 0.2) is 5.82 Å². The third-order valence-corrected chi connectivity index (χ3v) is 7.73. The van der Waals surface area contributed by atoms with Crippen LogP contribution < -0.4 is 10.5 Å². The Bertz CT molecular complexity index is 1670. The summed E-state index contributed by atoms with van der Waals surface area (Å²) in [6.07, 6.45) is 0. The highest BCUT2D eigenvalue weighted by Crippen LogP contribution is 2.31. The van der Waals surface area contributed by atoms with Crippen molar-refractivity contribution >= 4 is 28.2 Å². The van der Waals surface area contributed by atoms with Crippen LogP contribution in [0.25, 0.3) is 10.9 Å². The molecule has 0 amide bonds. The number of hydrogen-bond donors (Lipinski definition) is 1. The fraction of sp³-hybridized carbons (Fsp3) is 0.267. The maximum atomic E-state index is 13.6. The number of hydrogen-bond acceptors (Lipinski definition) is 6. The first-order valence-electron chi connectivity index (χ1n) is 13.1. The van der Waals surface area contributed by atoms with Crippen molar-refractivity contribution in [1.82, 2.24) is 30.1 Å². The van der Waals surface area contributed by atoms with E-state index in [4.69, 9.17) is 11.6 Å². The molecule has 2 aromatic heterocycles. The second-order valence-electron chi connectivity index (χ2n) is 10.2. The van der Waals surface area contributed by atoms with Crippen LogP contribution in [-0.4, -0.2) is 56.3 Å². The minimum absolute atomic E-state index is 0.125. The Morgan fingerprint density at radius 2 is 1.74 bits per heavy atom. The summed E-state index contributed by atoms with van der Waals surface area (Å²) in [7, 11) is 0. The summed E-state index contributed by atoms with van der Waals surface area (Å²) in [6, 6.07) is 23.8. The second kappa shape index (κ2) is 10.6. The fourth-order valence-corrected chi connectivity index (χ4v) is 5.62. The molecule has 39 heavy (non-hydrogen) atoms. The molecule has 1 atom stereocenters. The summed E-state index contributed by atoms with van der Waals surface area (Å²) in [5, 5.41) is 14.6. The monoisotopic (exact) mass is 539 g/mol. The first-order valence-corrected chi connectivity index (χ1v) is 13.5. The van der Waals surface area contributed by atoms with E-state index < -0.39 is 6.04 Å². The molecule has 3 heterocycles. The highest BCUT2D eigenvalue weighted by atomic mass is 35.5. The number of fused-ring (bicyclic) bond motifs is 1. The molecule has 0 spiro atoms. The van der Waals surface area contributed by atoms with Gasteiger partial charge in [-0.1, -0.05) is 60.1 Å². The highest BCUT2D eigenvalue weighted by molar-refractivity contribution is 6.30. The van der Waals surface area contributed by atoms with Gasteiger partial charge in [-0.3, -0.25) is 9.69 Å². The maximum Gasteiger partial charge on any atom is 0.253 e. The van der Waals surface area contributed by atoms with E-state index in [0.717, 1.165) is 58.9 Å². The van der Waals surface area contributed by atoms with Crippen molar-refractivity contribution in [2.75, 3.05) is 31.1 Å². The standard InChI is InChI=1S/C30H30ClN7O/c1-20-8-10-23-17-25(30(39)32-26(23)16-20)28(29-33-34-35-38(29)19-22-6-4-3-5-7-22)37-14-12-36(13-15-37)27-18-24(31)11-9-21(27)2/h3-11,16-18,28H,12-15,19H2,1-2H3,(H,32,39)/t28-/m1/s1. The van der Waals surface area contributed by atoms with Crippen LogP contribution in [0.5, 0.6) is 0 Å². The van der Waals surface area contributed by atoms with Gasteiger partial charge in [-0.05, 0) is 70.6 Å². The van der Waals surface area contributed by atoms with Crippen LogP contribution in [0.1, 0.15) is 34.1 Å². The van der Waals surface area contributed by atoms with Gasteiger partial charge in [0.1, 0.15) is 6.04 Å². The smallest absolute Gasteiger partial charge is 0.253 e. The summed E-state index contributed by atoms with van der Waals surface area (Å²) in [5.74, 6) is 0.656. The molecule has 0 bridgehead atoms. The number of tetrazole rings is 1. The van der Waals surface area contributed by atoms with E-state index in [1.807, 2.05) is 60.1 Å². The molecule has 1 aliphatic heterocycles. The van der Waals surface area contributed by atoms with Crippen LogP contribution in [0, 0.1) is 13.8 Å². The number of halogens is 1. The van der Waals surface area contributed by atoms with Crippen LogP contribution in [-0.2, 0) is 6.54 Å². The predicted molar refractivity (Wildman–Crippen MR) is 154 cm³/mol. The Hall–Kier alpha value is -4.01. The van der Waals surface area contributed by atoms with Crippen molar-refractivity contribution in [3.8, 4) is 0 Å². The molecule has 1 saturated heterocycles. The zero-order chi connectivity index (χ0) is 26.9. The van der Waals surface area contributed by atoms with E-state index in [-0.39, 0.29) is 5.56 Å². The number of aromatic amines is 1. The molecule has 6 rings (SSSR count). The number of aryl methyl sites for hydroxylation is 2. The van der Waals surface area contributed by atoms with Crippen LogP contribution in [0.2, 0.25) is 5.02 Å². The molecule has 0 aliphatic carbocycles. The van der Waals surface area contributed by atoms with Gasteiger partial charge in [-0.25, -0.2) is 4.68 Å². The van der Waals surface area contributed by atoms with E-state index in [0.29, 0.717) is 17.9 Å². The average Bonchev–Trinajstić information content (AvgIpc) is 3.39. The third-order valence-electron chi connectivity index (χ3n) is 7.50. The Balaban J connectivity index is 1.38. The number of piperazine rings is 1. The molecule has 198 valence electrons. The van der Waals surface area contributed by atoms with Gasteiger partial charge < -0.3 is 9.88 Å². The number of anilines is 1. The molecule has 0 saturated carbocycles. The predicted octanol–water partition coefficient (Wildman–Crippen LogP) is 4.74. The van der Waals surface area contributed by atoms with E-state index >= 15 is 0 Å². The molecule has 5 aromatic rings. The number of aromatic nitrogens is 5. The van der Waals surface area contributed by atoms with E-state index in [9.17, 15) is 4.79 Å². The van der Waals surface area contributed by atoms with Crippen LogP contribution in [0.4, 0.5) is 5.69 Å². The molecule has 9 heteroatoms.